The van der Waals surface area contributed by atoms with Crippen LogP contribution in [0.4, 0.5) is 8.78 Å². The number of benzene rings is 1. The highest BCUT2D eigenvalue weighted by atomic mass is 19.1. The summed E-state index contributed by atoms with van der Waals surface area (Å²) in [7, 11) is 0. The summed E-state index contributed by atoms with van der Waals surface area (Å²) >= 11 is 0. The Labute approximate surface area is 181 Å². The van der Waals surface area contributed by atoms with Crippen LogP contribution >= 0.6 is 0 Å². The van der Waals surface area contributed by atoms with Gasteiger partial charge in [-0.15, -0.1) is 0 Å². The lowest BCUT2D eigenvalue weighted by atomic mass is 9.76. The highest BCUT2D eigenvalue weighted by Crippen LogP contribution is 2.52. The third kappa shape index (κ3) is 3.05. The summed E-state index contributed by atoms with van der Waals surface area (Å²) in [4.78, 5) is 23.2. The predicted octanol–water partition coefficient (Wildman–Crippen LogP) is 2.94. The molecule has 1 saturated carbocycles. The zero-order chi connectivity index (χ0) is 21.9. The number of fused-ring (bicyclic) bond motifs is 1. The molecule has 0 bridgehead atoms. The molecule has 3 aromatic rings. The number of nitrogens with zero attached hydrogens (tertiary/aromatic N) is 5. The molecule has 32 heavy (non-hydrogen) atoms. The lowest BCUT2D eigenvalue weighted by Crippen LogP contribution is -2.56. The first-order valence-corrected chi connectivity index (χ1v) is 10.5. The average Bonchev–Trinajstić information content (AvgIpc) is 3.45. The third-order valence-electron chi connectivity index (χ3n) is 6.36. The molecule has 3 fully saturated rings. The molecule has 0 radical (unpaired) electrons. The van der Waals surface area contributed by atoms with E-state index in [1.165, 1.54) is 18.5 Å². The Morgan fingerprint density at radius 3 is 2.66 bits per heavy atom. The highest BCUT2D eigenvalue weighted by molar-refractivity contribution is 5.89. The standard InChI is InChI=1S/C22H19F2N5O3/c23-14-6-13(7-15(24)8-14)17-2-3-20-29(17)21(30)22(32-20)10-16(11-22)31-19-9-18(25-12-26-19)28-5-1-4-27-28/h1,4-9,12,16-17,20H,2-3,10-11H2/t16?,17-,20+,22?/m0/s1. The number of hydrogen-bond donors (Lipinski definition) is 0. The van der Waals surface area contributed by atoms with Gasteiger partial charge in [-0.05, 0) is 36.6 Å². The second kappa shape index (κ2) is 7.06. The number of hydrogen-bond acceptors (Lipinski definition) is 6. The molecular formula is C22H19F2N5O3. The van der Waals surface area contributed by atoms with Gasteiger partial charge in [0.05, 0.1) is 6.04 Å². The van der Waals surface area contributed by atoms with Gasteiger partial charge in [0.2, 0.25) is 5.88 Å². The van der Waals surface area contributed by atoms with Crippen LogP contribution in [0.2, 0.25) is 0 Å². The van der Waals surface area contributed by atoms with Gasteiger partial charge >= 0.3 is 0 Å². The van der Waals surface area contributed by atoms with Gasteiger partial charge in [-0.2, -0.15) is 5.10 Å². The zero-order valence-electron chi connectivity index (χ0n) is 16.9. The summed E-state index contributed by atoms with van der Waals surface area (Å²) in [6.45, 7) is 0. The minimum absolute atomic E-state index is 0.144. The molecule has 1 amide bonds. The number of amides is 1. The van der Waals surface area contributed by atoms with E-state index in [4.69, 9.17) is 9.47 Å². The van der Waals surface area contributed by atoms with E-state index in [0.717, 1.165) is 6.07 Å². The maximum Gasteiger partial charge on any atom is 0.257 e. The first-order valence-electron chi connectivity index (χ1n) is 10.5. The van der Waals surface area contributed by atoms with Gasteiger partial charge in [-0.3, -0.25) is 4.79 Å². The van der Waals surface area contributed by atoms with Crippen molar-refractivity contribution < 1.29 is 23.0 Å². The molecule has 0 N–H and O–H groups in total. The molecule has 3 aliphatic rings. The van der Waals surface area contributed by atoms with Crippen molar-refractivity contribution in [3.05, 3.63) is 66.3 Å². The summed E-state index contributed by atoms with van der Waals surface area (Å²) in [6, 6.07) is 6.48. The number of halogens is 2. The summed E-state index contributed by atoms with van der Waals surface area (Å²) < 4.78 is 41.1. The number of ether oxygens (including phenoxy) is 2. The zero-order valence-corrected chi connectivity index (χ0v) is 16.9. The van der Waals surface area contributed by atoms with Gasteiger partial charge in [-0.25, -0.2) is 23.4 Å². The Kier molecular flexibility index (Phi) is 4.26. The van der Waals surface area contributed by atoms with Crippen LogP contribution in [0.25, 0.3) is 5.82 Å². The Bertz CT molecular complexity index is 1160. The van der Waals surface area contributed by atoms with Crippen LogP contribution in [0, 0.1) is 11.6 Å². The lowest BCUT2D eigenvalue weighted by Gasteiger charge is -2.42. The fourth-order valence-corrected chi connectivity index (χ4v) is 4.93. The maximum absolute atomic E-state index is 13.7. The van der Waals surface area contributed by atoms with E-state index in [1.54, 1.807) is 34.1 Å². The molecule has 1 aromatic carbocycles. The quantitative estimate of drug-likeness (QED) is 0.622. The molecule has 0 unspecified atom stereocenters. The van der Waals surface area contributed by atoms with Crippen LogP contribution in [0.3, 0.4) is 0 Å². The summed E-state index contributed by atoms with van der Waals surface area (Å²) in [6.07, 6.45) is 6.22. The summed E-state index contributed by atoms with van der Waals surface area (Å²) in [5.74, 6) is -0.476. The van der Waals surface area contributed by atoms with E-state index in [0.29, 0.717) is 42.9 Å². The van der Waals surface area contributed by atoms with Gasteiger partial charge in [-0.1, -0.05) is 0 Å². The Morgan fingerprint density at radius 2 is 1.91 bits per heavy atom. The maximum atomic E-state index is 13.7. The van der Waals surface area contributed by atoms with Crippen LogP contribution in [-0.4, -0.2) is 48.5 Å². The minimum Gasteiger partial charge on any atom is -0.474 e. The van der Waals surface area contributed by atoms with Crippen molar-refractivity contribution >= 4 is 5.91 Å². The van der Waals surface area contributed by atoms with Gasteiger partial charge in [0.15, 0.2) is 11.4 Å². The molecule has 6 rings (SSSR count). The monoisotopic (exact) mass is 439 g/mol. The van der Waals surface area contributed by atoms with Crippen molar-refractivity contribution in [1.29, 1.82) is 0 Å². The van der Waals surface area contributed by atoms with Crippen molar-refractivity contribution in [2.24, 2.45) is 0 Å². The Balaban J connectivity index is 1.15. The largest absolute Gasteiger partial charge is 0.474 e. The van der Waals surface area contributed by atoms with Crippen LogP contribution < -0.4 is 4.74 Å². The Hall–Kier alpha value is -3.40. The molecule has 1 aliphatic carbocycles. The molecule has 10 heteroatoms. The molecule has 2 aliphatic heterocycles. The van der Waals surface area contributed by atoms with Crippen molar-refractivity contribution in [1.82, 2.24) is 24.6 Å². The normalized spacial score (nSPS) is 28.8. The van der Waals surface area contributed by atoms with Crippen molar-refractivity contribution in [2.75, 3.05) is 0 Å². The molecule has 2 atom stereocenters. The lowest BCUT2D eigenvalue weighted by molar-refractivity contribution is -0.162. The molecule has 164 valence electrons. The second-order valence-electron chi connectivity index (χ2n) is 8.39. The highest BCUT2D eigenvalue weighted by Gasteiger charge is 2.63. The molecule has 8 nitrogen and oxygen atoms in total. The second-order valence-corrected chi connectivity index (χ2v) is 8.39. The molecular weight excluding hydrogens is 420 g/mol. The van der Waals surface area contributed by atoms with E-state index < -0.39 is 23.3 Å². The fraction of sp³-hybridized carbons (Fsp3) is 0.364. The van der Waals surface area contributed by atoms with Crippen LogP contribution in [0.5, 0.6) is 5.88 Å². The first kappa shape index (κ1) is 19.3. The van der Waals surface area contributed by atoms with E-state index in [1.807, 2.05) is 0 Å². The van der Waals surface area contributed by atoms with Crippen molar-refractivity contribution in [3.8, 4) is 11.7 Å². The van der Waals surface area contributed by atoms with E-state index in [-0.39, 0.29) is 18.2 Å². The van der Waals surface area contributed by atoms with E-state index >= 15 is 0 Å². The molecule has 2 aromatic heterocycles. The minimum atomic E-state index is -0.947. The van der Waals surface area contributed by atoms with Gasteiger partial charge in [0.25, 0.3) is 5.91 Å². The SMILES string of the molecule is O=C1N2[C@@H](CC[C@H]2c2cc(F)cc(F)c2)OC12CC(Oc1cc(-n3cccn3)ncn1)C2. The van der Waals surface area contributed by atoms with Crippen LogP contribution in [0.1, 0.15) is 37.3 Å². The van der Waals surface area contributed by atoms with Crippen LogP contribution in [-0.2, 0) is 9.53 Å². The van der Waals surface area contributed by atoms with Crippen LogP contribution in [0.15, 0.2) is 49.1 Å². The van der Waals surface area contributed by atoms with Crippen molar-refractivity contribution in [2.45, 2.75) is 49.7 Å². The number of rotatable bonds is 4. The van der Waals surface area contributed by atoms with Gasteiger partial charge in [0, 0.05) is 37.4 Å². The van der Waals surface area contributed by atoms with Gasteiger partial charge < -0.3 is 14.4 Å². The Morgan fingerprint density at radius 1 is 1.09 bits per heavy atom. The summed E-state index contributed by atoms with van der Waals surface area (Å²) in [5, 5.41) is 4.14. The van der Waals surface area contributed by atoms with Crippen molar-refractivity contribution in [3.63, 3.8) is 0 Å². The average molecular weight is 439 g/mol. The molecule has 2 saturated heterocycles. The fourth-order valence-electron chi connectivity index (χ4n) is 4.93. The topological polar surface area (TPSA) is 82.4 Å². The smallest absolute Gasteiger partial charge is 0.257 e. The number of carbonyl (C=O) groups excluding carboxylic acids is 1. The number of aromatic nitrogens is 4. The number of carbonyl (C=O) groups is 1. The predicted molar refractivity (Wildman–Crippen MR) is 106 cm³/mol. The van der Waals surface area contributed by atoms with E-state index in [2.05, 4.69) is 15.1 Å². The van der Waals surface area contributed by atoms with Gasteiger partial charge in [0.1, 0.15) is 30.3 Å². The van der Waals surface area contributed by atoms with E-state index in [9.17, 15) is 13.6 Å². The summed E-state index contributed by atoms with van der Waals surface area (Å²) in [5.41, 5.74) is -0.490. The third-order valence-corrected chi connectivity index (χ3v) is 6.36. The molecule has 4 heterocycles. The first-order chi connectivity index (χ1) is 15.5. The molecule has 1 spiro atoms.